The van der Waals surface area contributed by atoms with E-state index in [1.807, 2.05) is 24.3 Å². The predicted molar refractivity (Wildman–Crippen MR) is 82.8 cm³/mol. The van der Waals surface area contributed by atoms with Crippen LogP contribution in [0.25, 0.3) is 0 Å². The number of nitrogens with two attached hydrogens (primary N) is 1. The van der Waals surface area contributed by atoms with Crippen LogP contribution in [0, 0.1) is 0 Å². The van der Waals surface area contributed by atoms with Crippen LogP contribution in [0.2, 0.25) is 0 Å². The standard InChI is InChI=1S/C17H19NO3/c1-11(2)12-6-4-7-13(10-12)21-15-9-5-8-14(16(15)18)17(19)20-3/h4-11H,18H2,1-3H3. The van der Waals surface area contributed by atoms with Gasteiger partial charge in [-0.05, 0) is 35.7 Å². The molecule has 2 aromatic carbocycles. The molecule has 0 spiro atoms. The second-order valence-corrected chi connectivity index (χ2v) is 5.04. The van der Waals surface area contributed by atoms with Gasteiger partial charge in [-0.25, -0.2) is 4.79 Å². The molecule has 2 N–H and O–H groups in total. The lowest BCUT2D eigenvalue weighted by Gasteiger charge is -2.12. The molecule has 0 unspecified atom stereocenters. The van der Waals surface area contributed by atoms with Crippen molar-refractivity contribution in [2.45, 2.75) is 19.8 Å². The molecule has 0 bridgehead atoms. The number of carbonyl (C=O) groups excluding carboxylic acids is 1. The first-order valence-corrected chi connectivity index (χ1v) is 6.77. The van der Waals surface area contributed by atoms with Gasteiger partial charge in [0.25, 0.3) is 0 Å². The topological polar surface area (TPSA) is 61.5 Å². The van der Waals surface area contributed by atoms with Crippen molar-refractivity contribution in [3.05, 3.63) is 53.6 Å². The van der Waals surface area contributed by atoms with Crippen molar-refractivity contribution in [1.29, 1.82) is 0 Å². The summed E-state index contributed by atoms with van der Waals surface area (Å²) >= 11 is 0. The molecule has 21 heavy (non-hydrogen) atoms. The largest absolute Gasteiger partial charge is 0.465 e. The van der Waals surface area contributed by atoms with Crippen LogP contribution in [-0.4, -0.2) is 13.1 Å². The number of anilines is 1. The first-order valence-electron chi connectivity index (χ1n) is 6.77. The summed E-state index contributed by atoms with van der Waals surface area (Å²) in [5.74, 6) is 1.06. The summed E-state index contributed by atoms with van der Waals surface area (Å²) in [5, 5.41) is 0. The predicted octanol–water partition coefficient (Wildman–Crippen LogP) is 3.97. The fourth-order valence-corrected chi connectivity index (χ4v) is 1.99. The van der Waals surface area contributed by atoms with Crippen molar-refractivity contribution in [2.24, 2.45) is 0 Å². The second kappa shape index (κ2) is 6.31. The third kappa shape index (κ3) is 3.34. The molecule has 4 heteroatoms. The SMILES string of the molecule is COC(=O)c1cccc(Oc2cccc(C(C)C)c2)c1N. The van der Waals surface area contributed by atoms with Crippen molar-refractivity contribution in [3.63, 3.8) is 0 Å². The monoisotopic (exact) mass is 285 g/mol. The molecular weight excluding hydrogens is 266 g/mol. The third-order valence-electron chi connectivity index (χ3n) is 3.22. The highest BCUT2D eigenvalue weighted by Crippen LogP contribution is 2.31. The Balaban J connectivity index is 2.32. The zero-order chi connectivity index (χ0) is 15.4. The summed E-state index contributed by atoms with van der Waals surface area (Å²) in [6.45, 7) is 4.23. The molecule has 0 amide bonds. The van der Waals surface area contributed by atoms with E-state index in [2.05, 4.69) is 13.8 Å². The van der Waals surface area contributed by atoms with Crippen molar-refractivity contribution in [3.8, 4) is 11.5 Å². The van der Waals surface area contributed by atoms with Crippen LogP contribution in [0.4, 0.5) is 5.69 Å². The molecule has 0 aromatic heterocycles. The van der Waals surface area contributed by atoms with Crippen LogP contribution >= 0.6 is 0 Å². The lowest BCUT2D eigenvalue weighted by atomic mass is 10.0. The number of methoxy groups -OCH3 is 1. The van der Waals surface area contributed by atoms with E-state index in [0.717, 1.165) is 0 Å². The van der Waals surface area contributed by atoms with E-state index in [1.54, 1.807) is 18.2 Å². The lowest BCUT2D eigenvalue weighted by molar-refractivity contribution is 0.0601. The Labute approximate surface area is 124 Å². The molecule has 110 valence electrons. The van der Waals surface area contributed by atoms with Gasteiger partial charge in [0, 0.05) is 0 Å². The van der Waals surface area contributed by atoms with Crippen LogP contribution in [0.5, 0.6) is 11.5 Å². The Morgan fingerprint density at radius 3 is 2.52 bits per heavy atom. The molecule has 0 saturated heterocycles. The van der Waals surface area contributed by atoms with Crippen molar-refractivity contribution in [1.82, 2.24) is 0 Å². The number of hydrogen-bond donors (Lipinski definition) is 1. The number of esters is 1. The fraction of sp³-hybridized carbons (Fsp3) is 0.235. The molecule has 0 aliphatic carbocycles. The third-order valence-corrected chi connectivity index (χ3v) is 3.22. The van der Waals surface area contributed by atoms with Crippen LogP contribution < -0.4 is 10.5 Å². The van der Waals surface area contributed by atoms with Crippen LogP contribution in [0.1, 0.15) is 35.7 Å². The van der Waals surface area contributed by atoms with E-state index in [1.165, 1.54) is 12.7 Å². The summed E-state index contributed by atoms with van der Waals surface area (Å²) < 4.78 is 10.5. The first-order chi connectivity index (χ1) is 10.0. The van der Waals surface area contributed by atoms with Gasteiger partial charge in [0.2, 0.25) is 0 Å². The number of hydrogen-bond acceptors (Lipinski definition) is 4. The van der Waals surface area contributed by atoms with Gasteiger partial charge in [-0.1, -0.05) is 32.0 Å². The number of para-hydroxylation sites is 1. The number of rotatable bonds is 4. The van der Waals surface area contributed by atoms with Crippen molar-refractivity contribution < 1.29 is 14.3 Å². The zero-order valence-electron chi connectivity index (χ0n) is 12.4. The second-order valence-electron chi connectivity index (χ2n) is 5.04. The first kappa shape index (κ1) is 14.9. The molecule has 0 aliphatic rings. The van der Waals surface area contributed by atoms with Crippen LogP contribution in [0.15, 0.2) is 42.5 Å². The minimum absolute atomic E-state index is 0.277. The molecule has 0 fully saturated rings. The Hall–Kier alpha value is -2.49. The Bertz CT molecular complexity index is 650. The van der Waals surface area contributed by atoms with Crippen molar-refractivity contribution >= 4 is 11.7 Å². The average Bonchev–Trinajstić information content (AvgIpc) is 2.49. The van der Waals surface area contributed by atoms with Gasteiger partial charge in [-0.2, -0.15) is 0 Å². The Kier molecular flexibility index (Phi) is 4.48. The smallest absolute Gasteiger partial charge is 0.340 e. The van der Waals surface area contributed by atoms with E-state index in [4.69, 9.17) is 15.2 Å². The van der Waals surface area contributed by atoms with E-state index < -0.39 is 5.97 Å². The maximum Gasteiger partial charge on any atom is 0.340 e. The Morgan fingerprint density at radius 1 is 1.14 bits per heavy atom. The van der Waals surface area contributed by atoms with Crippen LogP contribution in [0.3, 0.4) is 0 Å². The minimum Gasteiger partial charge on any atom is -0.465 e. The number of benzene rings is 2. The molecular formula is C17H19NO3. The highest BCUT2D eigenvalue weighted by Gasteiger charge is 2.14. The van der Waals surface area contributed by atoms with Crippen molar-refractivity contribution in [2.75, 3.05) is 12.8 Å². The summed E-state index contributed by atoms with van der Waals surface area (Å²) in [5.41, 5.74) is 7.73. The fourth-order valence-electron chi connectivity index (χ4n) is 1.99. The van der Waals surface area contributed by atoms with Gasteiger partial charge in [0.1, 0.15) is 5.75 Å². The van der Waals surface area contributed by atoms with Gasteiger partial charge in [-0.3, -0.25) is 0 Å². The summed E-state index contributed by atoms with van der Waals surface area (Å²) in [7, 11) is 1.32. The van der Waals surface area contributed by atoms with Gasteiger partial charge in [0.15, 0.2) is 5.75 Å². The zero-order valence-corrected chi connectivity index (χ0v) is 12.4. The van der Waals surface area contributed by atoms with E-state index >= 15 is 0 Å². The van der Waals surface area contributed by atoms with Gasteiger partial charge < -0.3 is 15.2 Å². The lowest BCUT2D eigenvalue weighted by Crippen LogP contribution is -2.06. The molecule has 0 saturated carbocycles. The molecule has 2 rings (SSSR count). The molecule has 0 atom stereocenters. The minimum atomic E-state index is -0.478. The van der Waals surface area contributed by atoms with Gasteiger partial charge in [0.05, 0.1) is 18.4 Å². The average molecular weight is 285 g/mol. The van der Waals surface area contributed by atoms with Gasteiger partial charge in [-0.15, -0.1) is 0 Å². The summed E-state index contributed by atoms with van der Waals surface area (Å²) in [6, 6.07) is 12.9. The highest BCUT2D eigenvalue weighted by atomic mass is 16.5. The molecule has 0 heterocycles. The molecule has 0 aliphatic heterocycles. The summed E-state index contributed by atoms with van der Waals surface area (Å²) in [4.78, 5) is 11.6. The molecule has 0 radical (unpaired) electrons. The maximum absolute atomic E-state index is 11.6. The quantitative estimate of drug-likeness (QED) is 0.682. The normalized spacial score (nSPS) is 10.5. The number of carbonyl (C=O) groups is 1. The number of nitrogen functional groups attached to an aromatic ring is 1. The maximum atomic E-state index is 11.6. The summed E-state index contributed by atoms with van der Waals surface area (Å²) in [6.07, 6.45) is 0. The number of ether oxygens (including phenoxy) is 2. The van der Waals surface area contributed by atoms with E-state index in [0.29, 0.717) is 23.0 Å². The molecule has 4 nitrogen and oxygen atoms in total. The van der Waals surface area contributed by atoms with Crippen LogP contribution in [-0.2, 0) is 4.74 Å². The Morgan fingerprint density at radius 2 is 1.86 bits per heavy atom. The molecule has 2 aromatic rings. The van der Waals surface area contributed by atoms with E-state index in [9.17, 15) is 4.79 Å². The van der Waals surface area contributed by atoms with E-state index in [-0.39, 0.29) is 5.69 Å². The highest BCUT2D eigenvalue weighted by molar-refractivity contribution is 5.96. The van der Waals surface area contributed by atoms with Gasteiger partial charge >= 0.3 is 5.97 Å².